The van der Waals surface area contributed by atoms with Crippen LogP contribution in [0.25, 0.3) is 0 Å². The molecular formula is C14H13ClN2O3. The molecule has 0 bridgehead atoms. The molecule has 0 saturated heterocycles. The molecule has 0 radical (unpaired) electrons. The van der Waals surface area contributed by atoms with Crippen molar-refractivity contribution < 1.29 is 14.7 Å². The lowest BCUT2D eigenvalue weighted by Gasteiger charge is -2.08. The van der Waals surface area contributed by atoms with Crippen molar-refractivity contribution in [2.24, 2.45) is 7.05 Å². The lowest BCUT2D eigenvalue weighted by Crippen LogP contribution is -2.16. The average Bonchev–Trinajstić information content (AvgIpc) is 2.69. The summed E-state index contributed by atoms with van der Waals surface area (Å²) in [7, 11) is 1.80. The van der Waals surface area contributed by atoms with Gasteiger partial charge in [-0.25, -0.2) is 4.79 Å². The molecule has 0 spiro atoms. The summed E-state index contributed by atoms with van der Waals surface area (Å²) in [5.74, 6) is -1.38. The summed E-state index contributed by atoms with van der Waals surface area (Å²) < 4.78 is 1.77. The van der Waals surface area contributed by atoms with Crippen LogP contribution in [0.2, 0.25) is 5.02 Å². The first-order chi connectivity index (χ1) is 9.40. The standard InChI is InChI=1S/C14H13ClN2O3/c1-8-3-6-12(17(8)2)13(18)16-9-4-5-10(14(19)20)11(15)7-9/h3-7H,1-2H3,(H,16,18)(H,19,20). The molecule has 0 fully saturated rings. The van der Waals surface area contributed by atoms with Crippen molar-refractivity contribution in [3.63, 3.8) is 0 Å². The van der Waals surface area contributed by atoms with Crippen molar-refractivity contribution in [3.05, 3.63) is 52.3 Å². The van der Waals surface area contributed by atoms with Gasteiger partial charge in [-0.3, -0.25) is 4.79 Å². The van der Waals surface area contributed by atoms with Crippen LogP contribution >= 0.6 is 11.6 Å². The number of aromatic nitrogens is 1. The summed E-state index contributed by atoms with van der Waals surface area (Å²) in [6.45, 7) is 1.90. The Bertz CT molecular complexity index is 692. The van der Waals surface area contributed by atoms with Crippen LogP contribution in [0.4, 0.5) is 5.69 Å². The second kappa shape index (κ2) is 5.38. The maximum Gasteiger partial charge on any atom is 0.337 e. The second-order valence-electron chi connectivity index (χ2n) is 4.37. The predicted octanol–water partition coefficient (Wildman–Crippen LogP) is 2.94. The minimum atomic E-state index is -1.11. The molecule has 0 saturated carbocycles. The maximum absolute atomic E-state index is 12.1. The fourth-order valence-corrected chi connectivity index (χ4v) is 2.06. The highest BCUT2D eigenvalue weighted by Gasteiger charge is 2.13. The van der Waals surface area contributed by atoms with Gasteiger partial charge in [-0.05, 0) is 37.3 Å². The first-order valence-electron chi connectivity index (χ1n) is 5.86. The molecule has 1 aromatic heterocycles. The number of carbonyl (C=O) groups excluding carboxylic acids is 1. The Balaban J connectivity index is 2.22. The van der Waals surface area contributed by atoms with Gasteiger partial charge in [0.1, 0.15) is 5.69 Å². The summed E-state index contributed by atoms with van der Waals surface area (Å²) in [6, 6.07) is 7.84. The molecule has 104 valence electrons. The lowest BCUT2D eigenvalue weighted by molar-refractivity contribution is 0.0697. The third-order valence-corrected chi connectivity index (χ3v) is 3.38. The zero-order valence-corrected chi connectivity index (χ0v) is 11.7. The smallest absolute Gasteiger partial charge is 0.337 e. The molecule has 0 aliphatic carbocycles. The number of halogens is 1. The molecule has 0 atom stereocenters. The first-order valence-corrected chi connectivity index (χ1v) is 6.24. The van der Waals surface area contributed by atoms with Crippen LogP contribution in [0.1, 0.15) is 26.5 Å². The fourth-order valence-electron chi connectivity index (χ4n) is 1.80. The van der Waals surface area contributed by atoms with Gasteiger partial charge in [-0.15, -0.1) is 0 Å². The number of amides is 1. The number of carbonyl (C=O) groups is 2. The Labute approximate surface area is 120 Å². The molecule has 1 aromatic carbocycles. The Morgan fingerprint density at radius 3 is 2.45 bits per heavy atom. The highest BCUT2D eigenvalue weighted by Crippen LogP contribution is 2.21. The van der Waals surface area contributed by atoms with E-state index in [1.165, 1.54) is 18.2 Å². The van der Waals surface area contributed by atoms with Gasteiger partial charge in [-0.2, -0.15) is 0 Å². The van der Waals surface area contributed by atoms with E-state index in [0.29, 0.717) is 11.4 Å². The van der Waals surface area contributed by atoms with Gasteiger partial charge < -0.3 is 15.0 Å². The third kappa shape index (κ3) is 2.67. The van der Waals surface area contributed by atoms with Crippen LogP contribution in [-0.4, -0.2) is 21.6 Å². The van der Waals surface area contributed by atoms with E-state index in [4.69, 9.17) is 16.7 Å². The number of aromatic carboxylic acids is 1. The fraction of sp³-hybridized carbons (Fsp3) is 0.143. The zero-order chi connectivity index (χ0) is 14.9. The normalized spacial score (nSPS) is 10.3. The molecule has 2 aromatic rings. The Morgan fingerprint density at radius 2 is 1.95 bits per heavy atom. The van der Waals surface area contributed by atoms with E-state index in [1.54, 1.807) is 17.7 Å². The van der Waals surface area contributed by atoms with Gasteiger partial charge in [0.05, 0.1) is 10.6 Å². The van der Waals surface area contributed by atoms with Gasteiger partial charge in [0.15, 0.2) is 0 Å². The molecule has 1 heterocycles. The summed E-state index contributed by atoms with van der Waals surface area (Å²) in [4.78, 5) is 22.9. The largest absolute Gasteiger partial charge is 0.478 e. The molecule has 2 rings (SSSR count). The monoisotopic (exact) mass is 292 g/mol. The van der Waals surface area contributed by atoms with Gasteiger partial charge in [0.25, 0.3) is 5.91 Å². The number of nitrogens with one attached hydrogen (secondary N) is 1. The molecule has 5 nitrogen and oxygen atoms in total. The van der Waals surface area contributed by atoms with E-state index in [0.717, 1.165) is 5.69 Å². The number of anilines is 1. The van der Waals surface area contributed by atoms with E-state index >= 15 is 0 Å². The SMILES string of the molecule is Cc1ccc(C(=O)Nc2ccc(C(=O)O)c(Cl)c2)n1C. The lowest BCUT2D eigenvalue weighted by atomic mass is 10.2. The number of benzene rings is 1. The van der Waals surface area contributed by atoms with Crippen molar-refractivity contribution in [1.82, 2.24) is 4.57 Å². The molecule has 1 amide bonds. The van der Waals surface area contributed by atoms with Crippen molar-refractivity contribution in [2.45, 2.75) is 6.92 Å². The van der Waals surface area contributed by atoms with Crippen molar-refractivity contribution >= 4 is 29.2 Å². The van der Waals surface area contributed by atoms with Crippen LogP contribution in [0.3, 0.4) is 0 Å². The number of rotatable bonds is 3. The van der Waals surface area contributed by atoms with E-state index in [2.05, 4.69) is 5.32 Å². The summed E-state index contributed by atoms with van der Waals surface area (Å²) >= 11 is 5.85. The molecule has 20 heavy (non-hydrogen) atoms. The van der Waals surface area contributed by atoms with Gasteiger partial charge in [0, 0.05) is 18.4 Å². The maximum atomic E-state index is 12.1. The van der Waals surface area contributed by atoms with Crippen molar-refractivity contribution in [3.8, 4) is 0 Å². The quantitative estimate of drug-likeness (QED) is 0.913. The molecule has 0 unspecified atom stereocenters. The predicted molar refractivity (Wildman–Crippen MR) is 76.5 cm³/mol. The first kappa shape index (κ1) is 14.1. The summed E-state index contributed by atoms with van der Waals surface area (Å²) in [6.07, 6.45) is 0. The van der Waals surface area contributed by atoms with Crippen LogP contribution < -0.4 is 5.32 Å². The summed E-state index contributed by atoms with van der Waals surface area (Å²) in [5, 5.41) is 11.6. The number of carboxylic acids is 1. The summed E-state index contributed by atoms with van der Waals surface area (Å²) in [5.41, 5.74) is 1.93. The minimum Gasteiger partial charge on any atom is -0.478 e. The number of nitrogens with zero attached hydrogens (tertiary/aromatic N) is 1. The van der Waals surface area contributed by atoms with E-state index < -0.39 is 5.97 Å². The molecule has 6 heteroatoms. The van der Waals surface area contributed by atoms with Gasteiger partial charge >= 0.3 is 5.97 Å². The van der Waals surface area contributed by atoms with Crippen LogP contribution in [0.5, 0.6) is 0 Å². The average molecular weight is 293 g/mol. The van der Waals surface area contributed by atoms with Crippen molar-refractivity contribution in [2.75, 3.05) is 5.32 Å². The van der Waals surface area contributed by atoms with Gasteiger partial charge in [-0.1, -0.05) is 11.6 Å². The third-order valence-electron chi connectivity index (χ3n) is 3.06. The number of aryl methyl sites for hydroxylation is 1. The van der Waals surface area contributed by atoms with E-state index in [1.807, 2.05) is 13.0 Å². The van der Waals surface area contributed by atoms with Crippen molar-refractivity contribution in [1.29, 1.82) is 0 Å². The number of carboxylic acid groups (broad SMARTS) is 1. The number of hydrogen-bond acceptors (Lipinski definition) is 2. The molecule has 2 N–H and O–H groups in total. The highest BCUT2D eigenvalue weighted by atomic mass is 35.5. The Hall–Kier alpha value is -2.27. The molecule has 0 aliphatic rings. The topological polar surface area (TPSA) is 71.3 Å². The Morgan fingerprint density at radius 1 is 1.25 bits per heavy atom. The van der Waals surface area contributed by atoms with Crippen LogP contribution in [0.15, 0.2) is 30.3 Å². The second-order valence-corrected chi connectivity index (χ2v) is 4.78. The minimum absolute atomic E-state index is 0.000577. The van der Waals surface area contributed by atoms with Crippen LogP contribution in [-0.2, 0) is 7.05 Å². The highest BCUT2D eigenvalue weighted by molar-refractivity contribution is 6.33. The number of hydrogen-bond donors (Lipinski definition) is 2. The van der Waals surface area contributed by atoms with Gasteiger partial charge in [0.2, 0.25) is 0 Å². The van der Waals surface area contributed by atoms with E-state index in [9.17, 15) is 9.59 Å². The van der Waals surface area contributed by atoms with Crippen LogP contribution in [0, 0.1) is 6.92 Å². The van der Waals surface area contributed by atoms with E-state index in [-0.39, 0.29) is 16.5 Å². The zero-order valence-electron chi connectivity index (χ0n) is 11.0. The Kier molecular flexibility index (Phi) is 3.81. The molecule has 0 aliphatic heterocycles. The molecular weight excluding hydrogens is 280 g/mol.